The van der Waals surface area contributed by atoms with Gasteiger partial charge in [-0.3, -0.25) is 0 Å². The minimum atomic E-state index is -3.86. The lowest BCUT2D eigenvalue weighted by atomic mass is 10.2. The second-order valence-electron chi connectivity index (χ2n) is 4.45. The molecule has 0 N–H and O–H groups in total. The Kier molecular flexibility index (Phi) is 5.29. The van der Waals surface area contributed by atoms with Crippen LogP contribution in [0.1, 0.15) is 16.1 Å². The lowest BCUT2D eigenvalue weighted by Gasteiger charge is -2.13. The monoisotopic (exact) mass is 409 g/mol. The van der Waals surface area contributed by atoms with E-state index in [1.54, 1.807) is 29.8 Å². The van der Waals surface area contributed by atoms with Gasteiger partial charge in [-0.25, -0.2) is 13.4 Å². The summed E-state index contributed by atoms with van der Waals surface area (Å²) in [5, 5.41) is 0. The first-order valence-corrected chi connectivity index (χ1v) is 10.0. The molecule has 114 valence electrons. The van der Waals surface area contributed by atoms with Gasteiger partial charge in [-0.2, -0.15) is 0 Å². The molecule has 1 aromatic heterocycles. The number of nitrogens with zero attached hydrogens (tertiary/aromatic N) is 1. The predicted octanol–water partition coefficient (Wildman–Crippen LogP) is 4.07. The van der Waals surface area contributed by atoms with Gasteiger partial charge in [-0.05, 0) is 31.5 Å². The van der Waals surface area contributed by atoms with Gasteiger partial charge in [0.1, 0.15) is 10.6 Å². The zero-order chi connectivity index (χ0) is 15.6. The third kappa shape index (κ3) is 4.18. The number of hydrogen-bond acceptors (Lipinski definition) is 5. The van der Waals surface area contributed by atoms with Crippen LogP contribution in [0.5, 0.6) is 5.75 Å². The van der Waals surface area contributed by atoms with Crippen molar-refractivity contribution < 1.29 is 13.2 Å². The summed E-state index contributed by atoms with van der Waals surface area (Å²) in [6, 6.07) is 3.24. The van der Waals surface area contributed by atoms with Crippen LogP contribution in [0.4, 0.5) is 0 Å². The van der Waals surface area contributed by atoms with Crippen LogP contribution in [-0.4, -0.2) is 20.0 Å². The van der Waals surface area contributed by atoms with Gasteiger partial charge in [-0.1, -0.05) is 15.9 Å². The Bertz CT molecular complexity index is 759. The molecule has 0 spiro atoms. The molecule has 0 aliphatic heterocycles. The summed E-state index contributed by atoms with van der Waals surface area (Å²) in [6.07, 6.45) is 0.674. The van der Waals surface area contributed by atoms with Crippen LogP contribution in [0.25, 0.3) is 0 Å². The molecule has 2 rings (SSSR count). The highest BCUT2D eigenvalue weighted by Gasteiger charge is 2.20. The van der Waals surface area contributed by atoms with E-state index in [0.29, 0.717) is 28.8 Å². The van der Waals surface area contributed by atoms with Crippen molar-refractivity contribution in [1.29, 1.82) is 0 Å². The normalized spacial score (nSPS) is 11.6. The molecule has 0 bridgehead atoms. The molecule has 1 aromatic carbocycles. The number of aromatic nitrogens is 1. The van der Waals surface area contributed by atoms with Gasteiger partial charge in [0.2, 0.25) is 0 Å². The Morgan fingerprint density at radius 2 is 2.10 bits per heavy atom. The number of thiazole rings is 1. The molecular weight excluding hydrogens is 398 g/mol. The summed E-state index contributed by atoms with van der Waals surface area (Å²) >= 11 is 4.82. The zero-order valence-electron chi connectivity index (χ0n) is 11.4. The standard InChI is InChI=1S/C13H13BrClNO3S2/c1-8-5-10(14)6-12(21(15,17)18)13(8)19-4-3-11-9(2)16-7-20-11/h5-7H,3-4H2,1-2H3. The van der Waals surface area contributed by atoms with Crippen LogP contribution < -0.4 is 4.74 Å². The second-order valence-corrected chi connectivity index (χ2v) is 8.84. The fourth-order valence-corrected chi connectivity index (χ4v) is 4.42. The summed E-state index contributed by atoms with van der Waals surface area (Å²) in [4.78, 5) is 5.28. The highest BCUT2D eigenvalue weighted by atomic mass is 79.9. The minimum absolute atomic E-state index is 0.0166. The first-order chi connectivity index (χ1) is 9.79. The number of benzene rings is 1. The topological polar surface area (TPSA) is 56.3 Å². The van der Waals surface area contributed by atoms with E-state index in [1.165, 1.54) is 6.07 Å². The fraction of sp³-hybridized carbons (Fsp3) is 0.308. The van der Waals surface area contributed by atoms with Crippen LogP contribution in [0.3, 0.4) is 0 Å². The Morgan fingerprint density at radius 3 is 2.67 bits per heavy atom. The van der Waals surface area contributed by atoms with Crippen molar-refractivity contribution in [3.63, 3.8) is 0 Å². The predicted molar refractivity (Wildman–Crippen MR) is 88.0 cm³/mol. The Labute approximate surface area is 140 Å². The van der Waals surface area contributed by atoms with E-state index in [0.717, 1.165) is 10.6 Å². The third-order valence-electron chi connectivity index (χ3n) is 2.89. The molecule has 0 fully saturated rings. The van der Waals surface area contributed by atoms with Crippen molar-refractivity contribution >= 4 is 47.0 Å². The van der Waals surface area contributed by atoms with Crippen molar-refractivity contribution in [2.75, 3.05) is 6.61 Å². The lowest BCUT2D eigenvalue weighted by molar-refractivity contribution is 0.312. The number of rotatable bonds is 5. The molecule has 0 unspecified atom stereocenters. The number of hydrogen-bond donors (Lipinski definition) is 0. The van der Waals surface area contributed by atoms with E-state index >= 15 is 0 Å². The van der Waals surface area contributed by atoms with Crippen molar-refractivity contribution in [3.8, 4) is 5.75 Å². The summed E-state index contributed by atoms with van der Waals surface area (Å²) in [7, 11) is 1.61. The average molecular weight is 411 g/mol. The van der Waals surface area contributed by atoms with Gasteiger partial charge in [0.15, 0.2) is 0 Å². The SMILES string of the molecule is Cc1cc(Br)cc(S(=O)(=O)Cl)c1OCCc1scnc1C. The highest BCUT2D eigenvalue weighted by Crippen LogP contribution is 2.33. The van der Waals surface area contributed by atoms with Crippen LogP contribution in [-0.2, 0) is 15.5 Å². The smallest absolute Gasteiger partial charge is 0.265 e. The molecule has 0 aliphatic carbocycles. The van der Waals surface area contributed by atoms with Crippen molar-refractivity contribution in [1.82, 2.24) is 4.98 Å². The molecule has 0 aliphatic rings. The highest BCUT2D eigenvalue weighted by molar-refractivity contribution is 9.10. The third-order valence-corrected chi connectivity index (χ3v) is 5.67. The van der Waals surface area contributed by atoms with Gasteiger partial charge in [-0.15, -0.1) is 11.3 Å². The van der Waals surface area contributed by atoms with Gasteiger partial charge in [0.25, 0.3) is 9.05 Å². The first-order valence-electron chi connectivity index (χ1n) is 6.05. The van der Waals surface area contributed by atoms with E-state index in [1.807, 2.05) is 6.92 Å². The van der Waals surface area contributed by atoms with Gasteiger partial charge < -0.3 is 4.74 Å². The molecule has 0 amide bonds. The largest absolute Gasteiger partial charge is 0.492 e. The quantitative estimate of drug-likeness (QED) is 0.697. The van der Waals surface area contributed by atoms with Crippen molar-refractivity contribution in [3.05, 3.63) is 38.3 Å². The van der Waals surface area contributed by atoms with Crippen molar-refractivity contribution in [2.45, 2.75) is 25.2 Å². The molecule has 0 radical (unpaired) electrons. The molecule has 8 heteroatoms. The second kappa shape index (κ2) is 6.64. The summed E-state index contributed by atoms with van der Waals surface area (Å²) < 4.78 is 29.6. The fourth-order valence-electron chi connectivity index (χ4n) is 1.88. The average Bonchev–Trinajstić information content (AvgIpc) is 2.76. The molecule has 0 saturated heterocycles. The summed E-state index contributed by atoms with van der Waals surface area (Å²) in [5.74, 6) is 0.301. The van der Waals surface area contributed by atoms with Crippen LogP contribution in [0.2, 0.25) is 0 Å². The van der Waals surface area contributed by atoms with Crippen LogP contribution >= 0.6 is 37.9 Å². The Balaban J connectivity index is 2.22. The molecule has 4 nitrogen and oxygen atoms in total. The van der Waals surface area contributed by atoms with Gasteiger partial charge >= 0.3 is 0 Å². The maximum atomic E-state index is 11.7. The van der Waals surface area contributed by atoms with E-state index in [4.69, 9.17) is 15.4 Å². The molecule has 1 heterocycles. The number of halogens is 2. The lowest BCUT2D eigenvalue weighted by Crippen LogP contribution is -2.06. The minimum Gasteiger partial charge on any atom is -0.492 e. The maximum absolute atomic E-state index is 11.7. The van der Waals surface area contributed by atoms with Crippen LogP contribution in [0, 0.1) is 13.8 Å². The van der Waals surface area contributed by atoms with E-state index in [9.17, 15) is 8.42 Å². The van der Waals surface area contributed by atoms with Crippen LogP contribution in [0.15, 0.2) is 27.0 Å². The van der Waals surface area contributed by atoms with Gasteiger partial charge in [0.05, 0.1) is 17.8 Å². The number of aryl methyl sites for hydroxylation is 2. The number of ether oxygens (including phenoxy) is 1. The maximum Gasteiger partial charge on any atom is 0.265 e. The van der Waals surface area contributed by atoms with E-state index in [2.05, 4.69) is 20.9 Å². The van der Waals surface area contributed by atoms with Crippen molar-refractivity contribution in [2.24, 2.45) is 0 Å². The molecular formula is C13H13BrClNO3S2. The summed E-state index contributed by atoms with van der Waals surface area (Å²) in [6.45, 7) is 4.08. The van der Waals surface area contributed by atoms with Gasteiger partial charge in [0, 0.05) is 26.5 Å². The Hall–Kier alpha value is -0.630. The molecule has 21 heavy (non-hydrogen) atoms. The zero-order valence-corrected chi connectivity index (χ0v) is 15.4. The first kappa shape index (κ1) is 16.7. The van der Waals surface area contributed by atoms with E-state index in [-0.39, 0.29) is 4.90 Å². The molecule has 0 saturated carbocycles. The summed E-state index contributed by atoms with van der Waals surface area (Å²) in [5.41, 5.74) is 3.47. The Morgan fingerprint density at radius 1 is 1.38 bits per heavy atom. The molecule has 0 atom stereocenters. The molecule has 2 aromatic rings. The van der Waals surface area contributed by atoms with E-state index < -0.39 is 9.05 Å².